The number of carboxylic acid groups (broad SMARTS) is 1. The van der Waals surface area contributed by atoms with E-state index in [-0.39, 0.29) is 25.4 Å². The predicted octanol–water partition coefficient (Wildman–Crippen LogP) is 3.19. The highest BCUT2D eigenvalue weighted by molar-refractivity contribution is 5.95. The molecule has 0 fully saturated rings. The summed E-state index contributed by atoms with van der Waals surface area (Å²) in [5.74, 6) is 0.741. The summed E-state index contributed by atoms with van der Waals surface area (Å²) in [4.78, 5) is 28.0. The topological polar surface area (TPSA) is 136 Å². The van der Waals surface area contributed by atoms with E-state index in [1.165, 1.54) is 14.2 Å². The fourth-order valence-corrected chi connectivity index (χ4v) is 3.25. The number of nitrogens with one attached hydrogen (secondary N) is 2. The molecule has 0 unspecified atom stereocenters. The Morgan fingerprint density at radius 2 is 1.79 bits per heavy atom. The van der Waals surface area contributed by atoms with Crippen molar-refractivity contribution in [3.8, 4) is 22.9 Å². The number of aromatic nitrogens is 2. The number of carbonyl (C=O) groups is 2. The summed E-state index contributed by atoms with van der Waals surface area (Å²) in [6.45, 7) is 3.97. The van der Waals surface area contributed by atoms with Crippen LogP contribution in [-0.4, -0.2) is 47.9 Å². The highest BCUT2D eigenvalue weighted by Gasteiger charge is 2.15. The van der Waals surface area contributed by atoms with E-state index in [9.17, 15) is 9.59 Å². The van der Waals surface area contributed by atoms with Crippen LogP contribution in [0.5, 0.6) is 11.5 Å². The molecule has 0 aliphatic carbocycles. The molecular formula is C23H26N4O6. The number of benzene rings is 2. The number of carbonyl (C=O) groups excluding carboxylic acids is 1. The van der Waals surface area contributed by atoms with Crippen molar-refractivity contribution in [3.05, 3.63) is 52.9 Å². The zero-order valence-corrected chi connectivity index (χ0v) is 18.9. The number of hydrogen-bond donors (Lipinski definition) is 3. The SMILES string of the molecule is COc1cc(C(=O)NCc2ccc(-c3noc(C)n3)cc2NCCC(=O)O)cc(OC)c1C. The molecule has 3 aromatic rings. The van der Waals surface area contributed by atoms with Gasteiger partial charge >= 0.3 is 5.97 Å². The Kier molecular flexibility index (Phi) is 7.50. The second-order valence-electron chi connectivity index (χ2n) is 7.27. The maximum Gasteiger partial charge on any atom is 0.305 e. The summed E-state index contributed by atoms with van der Waals surface area (Å²) >= 11 is 0. The Morgan fingerprint density at radius 1 is 1.09 bits per heavy atom. The van der Waals surface area contributed by atoms with E-state index in [1.807, 2.05) is 19.1 Å². The van der Waals surface area contributed by atoms with Crippen molar-refractivity contribution >= 4 is 17.6 Å². The Labute approximate surface area is 190 Å². The van der Waals surface area contributed by atoms with Gasteiger partial charge in [0.15, 0.2) is 0 Å². The van der Waals surface area contributed by atoms with Crippen LogP contribution in [0.3, 0.4) is 0 Å². The zero-order chi connectivity index (χ0) is 24.0. The van der Waals surface area contributed by atoms with Gasteiger partial charge in [-0.15, -0.1) is 0 Å². The van der Waals surface area contributed by atoms with Crippen LogP contribution in [0.4, 0.5) is 5.69 Å². The van der Waals surface area contributed by atoms with Crippen LogP contribution in [-0.2, 0) is 11.3 Å². The number of ether oxygens (including phenoxy) is 2. The van der Waals surface area contributed by atoms with Crippen molar-refractivity contribution in [1.82, 2.24) is 15.5 Å². The molecule has 1 heterocycles. The molecule has 0 aliphatic rings. The van der Waals surface area contributed by atoms with Crippen LogP contribution < -0.4 is 20.1 Å². The minimum Gasteiger partial charge on any atom is -0.496 e. The molecule has 0 saturated carbocycles. The molecule has 0 saturated heterocycles. The summed E-state index contributed by atoms with van der Waals surface area (Å²) in [5.41, 5.74) is 3.33. The van der Waals surface area contributed by atoms with Gasteiger partial charge in [0.1, 0.15) is 11.5 Å². The first-order chi connectivity index (χ1) is 15.8. The molecule has 0 atom stereocenters. The quantitative estimate of drug-likeness (QED) is 0.422. The van der Waals surface area contributed by atoms with Crippen LogP contribution in [0.1, 0.15) is 33.8 Å². The van der Waals surface area contributed by atoms with Crippen LogP contribution in [0.2, 0.25) is 0 Å². The molecule has 0 radical (unpaired) electrons. The summed E-state index contributed by atoms with van der Waals surface area (Å²) in [7, 11) is 3.07. The molecule has 174 valence electrons. The van der Waals surface area contributed by atoms with E-state index in [1.54, 1.807) is 25.1 Å². The number of anilines is 1. The molecule has 33 heavy (non-hydrogen) atoms. The van der Waals surface area contributed by atoms with Crippen molar-refractivity contribution < 1.29 is 28.7 Å². The number of nitrogens with zero attached hydrogens (tertiary/aromatic N) is 2. The Balaban J connectivity index is 1.81. The largest absolute Gasteiger partial charge is 0.496 e. The Bertz CT molecular complexity index is 1130. The fraction of sp³-hybridized carbons (Fsp3) is 0.304. The van der Waals surface area contributed by atoms with Crippen molar-refractivity contribution in [2.45, 2.75) is 26.8 Å². The maximum absolute atomic E-state index is 12.8. The van der Waals surface area contributed by atoms with Gasteiger partial charge in [-0.25, -0.2) is 0 Å². The standard InChI is InChI=1S/C23H26N4O6/c1-13-19(31-3)10-17(11-20(13)32-4)23(30)25-12-16-6-5-15(22-26-14(2)33-27-22)9-18(16)24-8-7-21(28)29/h5-6,9-11,24H,7-8,12H2,1-4H3,(H,25,30)(H,28,29). The second kappa shape index (κ2) is 10.5. The van der Waals surface area contributed by atoms with Crippen molar-refractivity contribution in [2.24, 2.45) is 0 Å². The molecule has 10 nitrogen and oxygen atoms in total. The van der Waals surface area contributed by atoms with Crippen molar-refractivity contribution in [2.75, 3.05) is 26.1 Å². The molecule has 10 heteroatoms. The van der Waals surface area contributed by atoms with Gasteiger partial charge in [-0.2, -0.15) is 4.98 Å². The van der Waals surface area contributed by atoms with Crippen molar-refractivity contribution in [1.29, 1.82) is 0 Å². The number of carboxylic acids is 1. The molecule has 0 bridgehead atoms. The number of aliphatic carboxylic acids is 1. The van der Waals surface area contributed by atoms with Gasteiger partial charge in [-0.3, -0.25) is 9.59 Å². The normalized spacial score (nSPS) is 10.5. The van der Waals surface area contributed by atoms with Crippen molar-refractivity contribution in [3.63, 3.8) is 0 Å². The smallest absolute Gasteiger partial charge is 0.305 e. The highest BCUT2D eigenvalue weighted by Crippen LogP contribution is 2.30. The number of methoxy groups -OCH3 is 2. The number of hydrogen-bond acceptors (Lipinski definition) is 8. The first-order valence-electron chi connectivity index (χ1n) is 10.2. The van der Waals surface area contributed by atoms with Crippen LogP contribution >= 0.6 is 0 Å². The molecular weight excluding hydrogens is 428 g/mol. The van der Waals surface area contributed by atoms with E-state index in [0.29, 0.717) is 40.0 Å². The van der Waals surface area contributed by atoms with Crippen LogP contribution in [0.15, 0.2) is 34.9 Å². The van der Waals surface area contributed by atoms with Gasteiger partial charge in [0.05, 0.1) is 20.6 Å². The van der Waals surface area contributed by atoms with Gasteiger partial charge in [0.2, 0.25) is 11.7 Å². The van der Waals surface area contributed by atoms with Gasteiger partial charge < -0.3 is 29.7 Å². The summed E-state index contributed by atoms with van der Waals surface area (Å²) < 4.78 is 15.7. The minimum absolute atomic E-state index is 0.0553. The van der Waals surface area contributed by atoms with E-state index in [2.05, 4.69) is 20.8 Å². The highest BCUT2D eigenvalue weighted by atomic mass is 16.5. The molecule has 0 spiro atoms. The molecule has 3 rings (SSSR count). The first kappa shape index (κ1) is 23.6. The average Bonchev–Trinajstić information content (AvgIpc) is 3.24. The van der Waals surface area contributed by atoms with E-state index in [0.717, 1.165) is 11.1 Å². The first-order valence-corrected chi connectivity index (χ1v) is 10.2. The van der Waals surface area contributed by atoms with Gasteiger partial charge in [0, 0.05) is 42.4 Å². The lowest BCUT2D eigenvalue weighted by Crippen LogP contribution is -2.23. The average molecular weight is 454 g/mol. The number of amides is 1. The van der Waals surface area contributed by atoms with Gasteiger partial charge in [0.25, 0.3) is 5.91 Å². The van der Waals surface area contributed by atoms with E-state index >= 15 is 0 Å². The number of rotatable bonds is 10. The lowest BCUT2D eigenvalue weighted by Gasteiger charge is -2.15. The van der Waals surface area contributed by atoms with E-state index in [4.69, 9.17) is 19.1 Å². The van der Waals surface area contributed by atoms with Crippen LogP contribution in [0, 0.1) is 13.8 Å². The summed E-state index contributed by atoms with van der Waals surface area (Å²) in [5, 5.41) is 18.9. The number of aryl methyl sites for hydroxylation is 1. The van der Waals surface area contributed by atoms with Gasteiger partial charge in [-0.05, 0) is 30.7 Å². The lowest BCUT2D eigenvalue weighted by molar-refractivity contribution is -0.136. The third-order valence-electron chi connectivity index (χ3n) is 5.00. The molecule has 3 N–H and O–H groups in total. The molecule has 1 aromatic heterocycles. The minimum atomic E-state index is -0.912. The summed E-state index contributed by atoms with van der Waals surface area (Å²) in [6.07, 6.45) is -0.0553. The zero-order valence-electron chi connectivity index (χ0n) is 18.9. The Morgan fingerprint density at radius 3 is 2.36 bits per heavy atom. The lowest BCUT2D eigenvalue weighted by atomic mass is 10.1. The molecule has 0 aliphatic heterocycles. The third-order valence-corrected chi connectivity index (χ3v) is 5.00. The Hall–Kier alpha value is -4.08. The molecule has 2 aromatic carbocycles. The monoisotopic (exact) mass is 454 g/mol. The van der Waals surface area contributed by atoms with E-state index < -0.39 is 5.97 Å². The predicted molar refractivity (Wildman–Crippen MR) is 121 cm³/mol. The van der Waals surface area contributed by atoms with Gasteiger partial charge in [-0.1, -0.05) is 17.3 Å². The maximum atomic E-state index is 12.8. The second-order valence-corrected chi connectivity index (χ2v) is 7.27. The molecule has 1 amide bonds. The van der Waals surface area contributed by atoms with Crippen LogP contribution in [0.25, 0.3) is 11.4 Å². The summed E-state index contributed by atoms with van der Waals surface area (Å²) in [6, 6.07) is 8.74. The third kappa shape index (κ3) is 5.79. The fourth-order valence-electron chi connectivity index (χ4n) is 3.25.